The largest absolute Gasteiger partial charge is 0.354 e. The zero-order valence-corrected chi connectivity index (χ0v) is 19.0. The summed E-state index contributed by atoms with van der Waals surface area (Å²) in [5.74, 6) is 0.595. The molecule has 0 aliphatic carbocycles. The van der Waals surface area contributed by atoms with Gasteiger partial charge in [-0.2, -0.15) is 0 Å². The Bertz CT molecular complexity index is 748. The number of benzene rings is 1. The summed E-state index contributed by atoms with van der Waals surface area (Å²) in [5, 5.41) is 6.71. The smallest absolute Gasteiger partial charge is 0.239 e. The van der Waals surface area contributed by atoms with Gasteiger partial charge in [0.25, 0.3) is 0 Å². The Labute approximate surface area is 183 Å². The molecule has 1 aromatic heterocycles. The summed E-state index contributed by atoms with van der Waals surface area (Å²) in [6.07, 6.45) is 2.68. The van der Waals surface area contributed by atoms with Crippen LogP contribution >= 0.6 is 35.6 Å². The van der Waals surface area contributed by atoms with Gasteiger partial charge in [0, 0.05) is 39.6 Å². The molecule has 148 valence electrons. The standard InChI is InChI=1S/C19H26ClN5O.HI/c1-21-19(25(3)14-17-11-16(20)13-24(17)2)23-12-18(26)22-10-9-15-7-5-4-6-8-15;/h4-8,11,13H,9-10,12,14H2,1-3H3,(H,21,23)(H,22,26);1H. The molecule has 0 radical (unpaired) electrons. The molecule has 0 saturated heterocycles. The predicted octanol–water partition coefficient (Wildman–Crippen LogP) is 2.66. The molecule has 1 amide bonds. The van der Waals surface area contributed by atoms with Crippen molar-refractivity contribution >= 4 is 47.4 Å². The molecule has 0 spiro atoms. The van der Waals surface area contributed by atoms with Gasteiger partial charge in [0.05, 0.1) is 18.1 Å². The van der Waals surface area contributed by atoms with Crippen molar-refractivity contribution < 1.29 is 4.79 Å². The number of aryl methyl sites for hydroxylation is 1. The first-order valence-corrected chi connectivity index (χ1v) is 8.90. The normalized spacial score (nSPS) is 10.9. The Balaban J connectivity index is 0.00000364. The molecule has 1 aromatic carbocycles. The molecule has 0 saturated carbocycles. The highest BCUT2D eigenvalue weighted by molar-refractivity contribution is 14.0. The first-order valence-electron chi connectivity index (χ1n) is 8.52. The molecule has 6 nitrogen and oxygen atoms in total. The van der Waals surface area contributed by atoms with E-state index in [0.717, 1.165) is 12.1 Å². The number of carbonyl (C=O) groups excluding carboxylic acids is 1. The third-order valence-electron chi connectivity index (χ3n) is 4.03. The molecule has 0 aliphatic heterocycles. The van der Waals surface area contributed by atoms with Crippen LogP contribution in [0.4, 0.5) is 0 Å². The fourth-order valence-corrected chi connectivity index (χ4v) is 2.91. The number of guanidine groups is 1. The molecule has 1 heterocycles. The summed E-state index contributed by atoms with van der Waals surface area (Å²) < 4.78 is 1.97. The summed E-state index contributed by atoms with van der Waals surface area (Å²) in [4.78, 5) is 18.2. The highest BCUT2D eigenvalue weighted by Gasteiger charge is 2.11. The van der Waals surface area contributed by atoms with Crippen molar-refractivity contribution in [2.75, 3.05) is 27.2 Å². The number of rotatable bonds is 7. The fourth-order valence-electron chi connectivity index (χ4n) is 2.64. The van der Waals surface area contributed by atoms with Crippen LogP contribution in [-0.4, -0.2) is 48.5 Å². The molecule has 0 aliphatic rings. The molecule has 0 unspecified atom stereocenters. The maximum atomic E-state index is 12.0. The van der Waals surface area contributed by atoms with Crippen LogP contribution in [0.1, 0.15) is 11.3 Å². The number of carbonyl (C=O) groups is 1. The van der Waals surface area contributed by atoms with Gasteiger partial charge in [0.1, 0.15) is 0 Å². The summed E-state index contributed by atoms with van der Waals surface area (Å²) in [6, 6.07) is 12.0. The minimum absolute atomic E-state index is 0. The van der Waals surface area contributed by atoms with Gasteiger partial charge in [-0.05, 0) is 18.1 Å². The van der Waals surface area contributed by atoms with E-state index in [1.165, 1.54) is 5.56 Å². The van der Waals surface area contributed by atoms with Crippen molar-refractivity contribution in [3.05, 3.63) is 58.9 Å². The van der Waals surface area contributed by atoms with E-state index >= 15 is 0 Å². The van der Waals surface area contributed by atoms with Crippen LogP contribution in [0.2, 0.25) is 5.02 Å². The minimum Gasteiger partial charge on any atom is -0.354 e. The minimum atomic E-state index is -0.0580. The van der Waals surface area contributed by atoms with Crippen molar-refractivity contribution in [2.45, 2.75) is 13.0 Å². The summed E-state index contributed by atoms with van der Waals surface area (Å²) in [6.45, 7) is 1.43. The number of aromatic nitrogens is 1. The quantitative estimate of drug-likeness (QED) is 0.347. The van der Waals surface area contributed by atoms with E-state index in [1.807, 2.05) is 54.0 Å². The molecular formula is C19H27ClIN5O. The number of nitrogens with zero attached hydrogens (tertiary/aromatic N) is 3. The van der Waals surface area contributed by atoms with E-state index in [4.69, 9.17) is 11.6 Å². The lowest BCUT2D eigenvalue weighted by atomic mass is 10.1. The van der Waals surface area contributed by atoms with Crippen LogP contribution in [0.15, 0.2) is 47.6 Å². The molecule has 27 heavy (non-hydrogen) atoms. The van der Waals surface area contributed by atoms with Crippen LogP contribution in [0.5, 0.6) is 0 Å². The molecule has 0 bridgehead atoms. The van der Waals surface area contributed by atoms with Gasteiger partial charge in [-0.1, -0.05) is 41.9 Å². The van der Waals surface area contributed by atoms with Crippen LogP contribution in [0.25, 0.3) is 0 Å². The first-order chi connectivity index (χ1) is 12.5. The maximum Gasteiger partial charge on any atom is 0.239 e. The molecule has 8 heteroatoms. The number of aliphatic imine (C=N–C) groups is 1. The van der Waals surface area contributed by atoms with Crippen LogP contribution in [0.3, 0.4) is 0 Å². The fraction of sp³-hybridized carbons (Fsp3) is 0.368. The van der Waals surface area contributed by atoms with Crippen molar-refractivity contribution in [1.82, 2.24) is 20.1 Å². The van der Waals surface area contributed by atoms with E-state index in [1.54, 1.807) is 7.05 Å². The van der Waals surface area contributed by atoms with E-state index in [9.17, 15) is 4.79 Å². The van der Waals surface area contributed by atoms with Gasteiger partial charge in [-0.25, -0.2) is 0 Å². The van der Waals surface area contributed by atoms with E-state index in [2.05, 4.69) is 27.8 Å². The first kappa shape index (κ1) is 23.3. The highest BCUT2D eigenvalue weighted by Crippen LogP contribution is 2.14. The summed E-state index contributed by atoms with van der Waals surface area (Å²) >= 11 is 6.02. The summed E-state index contributed by atoms with van der Waals surface area (Å²) in [7, 11) is 5.57. The Morgan fingerprint density at radius 1 is 1.26 bits per heavy atom. The van der Waals surface area contributed by atoms with Crippen LogP contribution in [-0.2, 0) is 24.8 Å². The topological polar surface area (TPSA) is 61.7 Å². The average Bonchev–Trinajstić information content (AvgIpc) is 2.93. The predicted molar refractivity (Wildman–Crippen MR) is 122 cm³/mol. The highest BCUT2D eigenvalue weighted by atomic mass is 127. The van der Waals surface area contributed by atoms with Crippen molar-refractivity contribution in [1.29, 1.82) is 0 Å². The van der Waals surface area contributed by atoms with E-state index < -0.39 is 0 Å². The number of nitrogens with one attached hydrogen (secondary N) is 2. The third kappa shape index (κ3) is 7.80. The Hall–Kier alpha value is -1.74. The van der Waals surface area contributed by atoms with Gasteiger partial charge in [-0.15, -0.1) is 24.0 Å². The molecule has 0 fully saturated rings. The summed E-state index contributed by atoms with van der Waals surface area (Å²) in [5.41, 5.74) is 2.27. The SMILES string of the molecule is CN=C(NCC(=O)NCCc1ccccc1)N(C)Cc1cc(Cl)cn1C.I. The monoisotopic (exact) mass is 503 g/mol. The van der Waals surface area contributed by atoms with Gasteiger partial charge in [0.15, 0.2) is 5.96 Å². The van der Waals surface area contributed by atoms with Crippen LogP contribution < -0.4 is 10.6 Å². The Kier molecular flexibility index (Phi) is 10.2. The zero-order valence-electron chi connectivity index (χ0n) is 15.9. The molecule has 2 N–H and O–H groups in total. The van der Waals surface area contributed by atoms with Crippen molar-refractivity contribution in [3.63, 3.8) is 0 Å². The maximum absolute atomic E-state index is 12.0. The lowest BCUT2D eigenvalue weighted by molar-refractivity contribution is -0.120. The van der Waals surface area contributed by atoms with E-state index in [-0.39, 0.29) is 36.4 Å². The zero-order chi connectivity index (χ0) is 18.9. The molecular weight excluding hydrogens is 477 g/mol. The molecule has 2 aromatic rings. The van der Waals surface area contributed by atoms with E-state index in [0.29, 0.717) is 24.1 Å². The van der Waals surface area contributed by atoms with Crippen LogP contribution in [0, 0.1) is 0 Å². The molecule has 0 atom stereocenters. The van der Waals surface area contributed by atoms with Crippen molar-refractivity contribution in [2.24, 2.45) is 12.0 Å². The second-order valence-corrected chi connectivity index (χ2v) is 6.54. The van der Waals surface area contributed by atoms with Gasteiger partial charge in [0.2, 0.25) is 5.91 Å². The second-order valence-electron chi connectivity index (χ2n) is 6.10. The second kappa shape index (κ2) is 11.9. The Morgan fingerprint density at radius 2 is 1.96 bits per heavy atom. The number of hydrogen-bond acceptors (Lipinski definition) is 2. The third-order valence-corrected chi connectivity index (χ3v) is 4.24. The van der Waals surface area contributed by atoms with Crippen molar-refractivity contribution in [3.8, 4) is 0 Å². The van der Waals surface area contributed by atoms with Gasteiger partial charge >= 0.3 is 0 Å². The van der Waals surface area contributed by atoms with Gasteiger partial charge in [-0.3, -0.25) is 9.79 Å². The lowest BCUT2D eigenvalue weighted by Gasteiger charge is -2.22. The number of halogens is 2. The Morgan fingerprint density at radius 3 is 2.56 bits per heavy atom. The average molecular weight is 504 g/mol. The van der Waals surface area contributed by atoms with Gasteiger partial charge < -0.3 is 20.1 Å². The lowest BCUT2D eigenvalue weighted by Crippen LogP contribution is -2.44. The molecule has 2 rings (SSSR count). The number of amides is 1. The number of hydrogen-bond donors (Lipinski definition) is 2.